The van der Waals surface area contributed by atoms with Crippen LogP contribution in [0, 0.1) is 0 Å². The molecule has 0 spiro atoms. The Balaban J connectivity index is 1.88. The molecule has 1 fully saturated rings. The van der Waals surface area contributed by atoms with E-state index >= 15 is 0 Å². The number of carbonyl (C=O) groups is 1. The van der Waals surface area contributed by atoms with Gasteiger partial charge in [-0.05, 0) is 33.3 Å². The first kappa shape index (κ1) is 16.7. The third-order valence-electron chi connectivity index (χ3n) is 3.65. The second-order valence-electron chi connectivity index (χ2n) is 6.75. The Morgan fingerprint density at radius 2 is 2.27 bits per heavy atom. The van der Waals surface area contributed by atoms with Crippen molar-refractivity contribution in [2.45, 2.75) is 51.6 Å². The number of aromatic nitrogens is 2. The number of rotatable bonds is 4. The van der Waals surface area contributed by atoms with Crippen LogP contribution in [0.3, 0.4) is 0 Å². The maximum Gasteiger partial charge on any atom is 0.407 e. The summed E-state index contributed by atoms with van der Waals surface area (Å²) in [5.41, 5.74) is 0.493. The van der Waals surface area contributed by atoms with E-state index in [2.05, 4.69) is 10.4 Å². The average Bonchev–Trinajstić information content (AvgIpc) is 2.92. The van der Waals surface area contributed by atoms with Crippen LogP contribution >= 0.6 is 0 Å². The summed E-state index contributed by atoms with van der Waals surface area (Å²) in [7, 11) is 1.87. The number of nitrogens with one attached hydrogen (secondary N) is 1. The standard InChI is InChI=1S/C15H25FN4O2/c1-15(2,3)22-14(21)17-8-13-7-11(16)9-20(13)10-12-5-6-18-19(12)4/h5-6,11,13H,7-10H2,1-4H3,(H,17,21)/t11-,13-/m0/s1. The molecule has 1 N–H and O–H groups in total. The molecule has 2 atom stereocenters. The van der Waals surface area contributed by atoms with Gasteiger partial charge in [-0.25, -0.2) is 9.18 Å². The largest absolute Gasteiger partial charge is 0.444 e. The first-order chi connectivity index (χ1) is 10.2. The van der Waals surface area contributed by atoms with Crippen molar-refractivity contribution in [3.8, 4) is 0 Å². The van der Waals surface area contributed by atoms with Crippen molar-refractivity contribution in [1.82, 2.24) is 20.0 Å². The molecule has 22 heavy (non-hydrogen) atoms. The Kier molecular flexibility index (Phi) is 5.05. The van der Waals surface area contributed by atoms with Crippen molar-refractivity contribution < 1.29 is 13.9 Å². The molecule has 2 heterocycles. The van der Waals surface area contributed by atoms with Gasteiger partial charge in [0, 0.05) is 38.9 Å². The summed E-state index contributed by atoms with van der Waals surface area (Å²) >= 11 is 0. The Hall–Kier alpha value is -1.63. The van der Waals surface area contributed by atoms with Crippen molar-refractivity contribution in [3.63, 3.8) is 0 Å². The first-order valence-corrected chi connectivity index (χ1v) is 7.56. The average molecular weight is 312 g/mol. The highest BCUT2D eigenvalue weighted by Crippen LogP contribution is 2.22. The van der Waals surface area contributed by atoms with Gasteiger partial charge >= 0.3 is 6.09 Å². The molecule has 6 nitrogen and oxygen atoms in total. The fourth-order valence-corrected chi connectivity index (χ4v) is 2.61. The minimum atomic E-state index is -0.862. The quantitative estimate of drug-likeness (QED) is 0.922. The lowest BCUT2D eigenvalue weighted by molar-refractivity contribution is 0.0512. The lowest BCUT2D eigenvalue weighted by Gasteiger charge is -2.25. The molecule has 0 aromatic carbocycles. The molecular formula is C15H25FN4O2. The number of carbonyl (C=O) groups excluding carboxylic acids is 1. The van der Waals surface area contributed by atoms with Gasteiger partial charge in [-0.1, -0.05) is 0 Å². The minimum absolute atomic E-state index is 0.0302. The molecule has 1 aliphatic rings. The van der Waals surface area contributed by atoms with E-state index in [0.29, 0.717) is 26.1 Å². The third-order valence-corrected chi connectivity index (χ3v) is 3.65. The molecule has 124 valence electrons. The summed E-state index contributed by atoms with van der Waals surface area (Å²) in [6.07, 6.45) is 0.828. The molecule has 1 amide bonds. The number of ether oxygens (including phenoxy) is 1. The van der Waals surface area contributed by atoms with Gasteiger partial charge in [0.05, 0.1) is 5.69 Å². The molecule has 1 aromatic rings. The Morgan fingerprint density at radius 1 is 1.55 bits per heavy atom. The van der Waals surface area contributed by atoms with Gasteiger partial charge in [-0.2, -0.15) is 5.10 Å². The third kappa shape index (κ3) is 4.69. The van der Waals surface area contributed by atoms with Gasteiger partial charge in [-0.3, -0.25) is 9.58 Å². The molecule has 2 rings (SSSR count). The van der Waals surface area contributed by atoms with Gasteiger partial charge in [0.25, 0.3) is 0 Å². The number of alkyl carbamates (subject to hydrolysis) is 1. The monoisotopic (exact) mass is 312 g/mol. The van der Waals surface area contributed by atoms with Gasteiger partial charge in [0.1, 0.15) is 11.8 Å². The van der Waals surface area contributed by atoms with Crippen LogP contribution in [0.25, 0.3) is 0 Å². The summed E-state index contributed by atoms with van der Waals surface area (Å²) in [5.74, 6) is 0. The van der Waals surface area contributed by atoms with Crippen molar-refractivity contribution >= 4 is 6.09 Å². The van der Waals surface area contributed by atoms with Gasteiger partial charge in [0.15, 0.2) is 0 Å². The molecule has 0 saturated carbocycles. The highest BCUT2D eigenvalue weighted by atomic mass is 19.1. The number of halogens is 1. The second kappa shape index (κ2) is 6.64. The molecule has 0 unspecified atom stereocenters. The van der Waals surface area contributed by atoms with Crippen LogP contribution in [0.4, 0.5) is 9.18 Å². The molecule has 7 heteroatoms. The normalized spacial score (nSPS) is 22.8. The van der Waals surface area contributed by atoms with E-state index in [1.165, 1.54) is 0 Å². The number of hydrogen-bond acceptors (Lipinski definition) is 4. The zero-order valence-corrected chi connectivity index (χ0v) is 13.7. The lowest BCUT2D eigenvalue weighted by Crippen LogP contribution is -2.42. The minimum Gasteiger partial charge on any atom is -0.444 e. The molecule has 0 radical (unpaired) electrons. The van der Waals surface area contributed by atoms with Crippen LogP contribution in [-0.4, -0.2) is 51.7 Å². The van der Waals surface area contributed by atoms with Crippen LogP contribution in [0.1, 0.15) is 32.9 Å². The first-order valence-electron chi connectivity index (χ1n) is 7.56. The van der Waals surface area contributed by atoms with Crippen molar-refractivity contribution in [3.05, 3.63) is 18.0 Å². The predicted octanol–water partition coefficient (Wildman–Crippen LogP) is 1.86. The fourth-order valence-electron chi connectivity index (χ4n) is 2.61. The van der Waals surface area contributed by atoms with Gasteiger partial charge in [0.2, 0.25) is 0 Å². The van der Waals surface area contributed by atoms with Crippen LogP contribution < -0.4 is 5.32 Å². The van der Waals surface area contributed by atoms with E-state index in [9.17, 15) is 9.18 Å². The molecule has 1 saturated heterocycles. The second-order valence-corrected chi connectivity index (χ2v) is 6.75. The van der Waals surface area contributed by atoms with Crippen LogP contribution in [0.2, 0.25) is 0 Å². The Morgan fingerprint density at radius 3 is 2.86 bits per heavy atom. The number of amides is 1. The topological polar surface area (TPSA) is 59.4 Å². The van der Waals surface area contributed by atoms with E-state index in [1.54, 1.807) is 10.9 Å². The number of alkyl halides is 1. The molecular weight excluding hydrogens is 287 g/mol. The summed E-state index contributed by atoms with van der Waals surface area (Å²) in [4.78, 5) is 13.8. The van der Waals surface area contributed by atoms with Crippen molar-refractivity contribution in [2.75, 3.05) is 13.1 Å². The van der Waals surface area contributed by atoms with E-state index in [1.807, 2.05) is 38.8 Å². The molecule has 0 bridgehead atoms. The summed E-state index contributed by atoms with van der Waals surface area (Å²) in [6, 6.07) is 1.89. The lowest BCUT2D eigenvalue weighted by atomic mass is 10.2. The van der Waals surface area contributed by atoms with E-state index in [4.69, 9.17) is 4.74 Å². The van der Waals surface area contributed by atoms with Crippen LogP contribution in [0.15, 0.2) is 12.3 Å². The van der Waals surface area contributed by atoms with E-state index in [0.717, 1.165) is 5.69 Å². The molecule has 1 aliphatic heterocycles. The summed E-state index contributed by atoms with van der Waals surface area (Å²) in [6.45, 7) is 6.83. The molecule has 1 aromatic heterocycles. The highest BCUT2D eigenvalue weighted by molar-refractivity contribution is 5.67. The SMILES string of the molecule is Cn1nccc1CN1C[C@@H](F)C[C@H]1CNC(=O)OC(C)(C)C. The fraction of sp³-hybridized carbons (Fsp3) is 0.733. The maximum atomic E-state index is 13.7. The zero-order valence-electron chi connectivity index (χ0n) is 13.7. The van der Waals surface area contributed by atoms with Crippen molar-refractivity contribution in [2.24, 2.45) is 7.05 Å². The van der Waals surface area contributed by atoms with E-state index < -0.39 is 17.9 Å². The number of aryl methyl sites for hydroxylation is 1. The highest BCUT2D eigenvalue weighted by Gasteiger charge is 2.33. The zero-order chi connectivity index (χ0) is 16.3. The van der Waals surface area contributed by atoms with E-state index in [-0.39, 0.29) is 6.04 Å². The van der Waals surface area contributed by atoms with Gasteiger partial charge in [-0.15, -0.1) is 0 Å². The smallest absolute Gasteiger partial charge is 0.407 e. The predicted molar refractivity (Wildman–Crippen MR) is 81.2 cm³/mol. The van der Waals surface area contributed by atoms with Crippen LogP contribution in [0.5, 0.6) is 0 Å². The summed E-state index contributed by atoms with van der Waals surface area (Å²) < 4.78 is 20.7. The maximum absolute atomic E-state index is 13.7. The van der Waals surface area contributed by atoms with Crippen molar-refractivity contribution in [1.29, 1.82) is 0 Å². The number of likely N-dealkylation sites (tertiary alicyclic amines) is 1. The Bertz CT molecular complexity index is 512. The van der Waals surface area contributed by atoms with Gasteiger partial charge < -0.3 is 10.1 Å². The summed E-state index contributed by atoms with van der Waals surface area (Å²) in [5, 5.41) is 6.86. The molecule has 0 aliphatic carbocycles. The Labute approximate surface area is 130 Å². The number of hydrogen-bond donors (Lipinski definition) is 1. The van der Waals surface area contributed by atoms with Crippen LogP contribution in [-0.2, 0) is 18.3 Å². The number of nitrogens with zero attached hydrogens (tertiary/aromatic N) is 3.